The van der Waals surface area contributed by atoms with Crippen LogP contribution in [0.4, 0.5) is 0 Å². The number of nitrogens with zero attached hydrogens (tertiary/aromatic N) is 1. The molecule has 1 aromatic rings. The lowest BCUT2D eigenvalue weighted by molar-refractivity contribution is -0.131. The summed E-state index contributed by atoms with van der Waals surface area (Å²) in [6.45, 7) is 2.76. The summed E-state index contributed by atoms with van der Waals surface area (Å²) in [5.74, 6) is -1.16. The lowest BCUT2D eigenvalue weighted by Gasteiger charge is -2.16. The number of aliphatic hydroxyl groups excluding tert-OH is 1. The second-order valence-electron chi connectivity index (χ2n) is 4.94. The molecule has 0 aliphatic carbocycles. The molecule has 0 bridgehead atoms. The van der Waals surface area contributed by atoms with E-state index >= 15 is 0 Å². The third kappa shape index (κ3) is 3.24. The largest absolute Gasteiger partial charge is 0.478 e. The van der Waals surface area contributed by atoms with E-state index in [2.05, 4.69) is 0 Å². The summed E-state index contributed by atoms with van der Waals surface area (Å²) in [6, 6.07) is 5.20. The Bertz CT molecular complexity index is 565. The molecule has 0 aromatic heterocycles. The van der Waals surface area contributed by atoms with Crippen molar-refractivity contribution >= 4 is 18.0 Å². The molecule has 1 fully saturated rings. The molecule has 1 aliphatic rings. The first-order chi connectivity index (χ1) is 9.47. The Kier molecular flexibility index (Phi) is 4.20. The van der Waals surface area contributed by atoms with Gasteiger partial charge in [-0.1, -0.05) is 6.07 Å². The van der Waals surface area contributed by atoms with Crippen LogP contribution in [0.15, 0.2) is 24.3 Å². The van der Waals surface area contributed by atoms with E-state index < -0.39 is 12.1 Å². The van der Waals surface area contributed by atoms with Gasteiger partial charge in [0.25, 0.3) is 5.91 Å². The maximum Gasteiger partial charge on any atom is 0.328 e. The average molecular weight is 275 g/mol. The normalized spacial score (nSPS) is 18.7. The molecule has 2 rings (SSSR count). The van der Waals surface area contributed by atoms with Gasteiger partial charge in [0.1, 0.15) is 0 Å². The van der Waals surface area contributed by atoms with Crippen molar-refractivity contribution in [3.05, 3.63) is 41.0 Å². The number of carboxylic acids is 1. The number of likely N-dealkylation sites (tertiary alicyclic amines) is 1. The van der Waals surface area contributed by atoms with Crippen molar-refractivity contribution in [1.82, 2.24) is 4.90 Å². The molecule has 0 saturated carbocycles. The summed E-state index contributed by atoms with van der Waals surface area (Å²) >= 11 is 0. The van der Waals surface area contributed by atoms with Crippen molar-refractivity contribution in [3.63, 3.8) is 0 Å². The van der Waals surface area contributed by atoms with Crippen molar-refractivity contribution in [2.45, 2.75) is 19.4 Å². The van der Waals surface area contributed by atoms with E-state index in [-0.39, 0.29) is 5.91 Å². The third-order valence-electron chi connectivity index (χ3n) is 3.38. The topological polar surface area (TPSA) is 77.8 Å². The predicted molar refractivity (Wildman–Crippen MR) is 74.4 cm³/mol. The highest BCUT2D eigenvalue weighted by atomic mass is 16.4. The first-order valence-electron chi connectivity index (χ1n) is 6.46. The van der Waals surface area contributed by atoms with Crippen molar-refractivity contribution in [3.8, 4) is 0 Å². The molecule has 5 nitrogen and oxygen atoms in total. The van der Waals surface area contributed by atoms with Crippen molar-refractivity contribution in [2.75, 3.05) is 13.1 Å². The lowest BCUT2D eigenvalue weighted by Crippen LogP contribution is -2.29. The first-order valence-corrected chi connectivity index (χ1v) is 6.46. The number of carboxylic acid groups (broad SMARTS) is 1. The van der Waals surface area contributed by atoms with Crippen LogP contribution < -0.4 is 0 Å². The van der Waals surface area contributed by atoms with Gasteiger partial charge in [-0.05, 0) is 42.7 Å². The minimum atomic E-state index is -1.02. The average Bonchev–Trinajstić information content (AvgIpc) is 2.83. The second kappa shape index (κ2) is 5.88. The maximum absolute atomic E-state index is 12.3. The molecule has 0 radical (unpaired) electrons. The van der Waals surface area contributed by atoms with Gasteiger partial charge in [-0.25, -0.2) is 4.79 Å². The molecule has 1 heterocycles. The highest BCUT2D eigenvalue weighted by Gasteiger charge is 2.25. The number of benzene rings is 1. The molecule has 1 unspecified atom stereocenters. The monoisotopic (exact) mass is 275 g/mol. The van der Waals surface area contributed by atoms with E-state index in [9.17, 15) is 14.7 Å². The number of carbonyl (C=O) groups is 2. The number of amides is 1. The number of hydrogen-bond acceptors (Lipinski definition) is 3. The highest BCUT2D eigenvalue weighted by Crippen LogP contribution is 2.17. The zero-order valence-corrected chi connectivity index (χ0v) is 11.2. The smallest absolute Gasteiger partial charge is 0.328 e. The molecule has 0 spiro atoms. The van der Waals surface area contributed by atoms with Gasteiger partial charge in [-0.15, -0.1) is 0 Å². The molecule has 106 valence electrons. The number of β-amino-alcohol motifs (C(OH)–C–C–N with tert-alkyl or cyclic N) is 1. The van der Waals surface area contributed by atoms with Gasteiger partial charge < -0.3 is 15.1 Å². The van der Waals surface area contributed by atoms with E-state index in [0.717, 1.165) is 11.6 Å². The Hall–Kier alpha value is -2.14. The summed E-state index contributed by atoms with van der Waals surface area (Å²) in [7, 11) is 0. The van der Waals surface area contributed by atoms with E-state index in [4.69, 9.17) is 5.11 Å². The van der Waals surface area contributed by atoms with Crippen LogP contribution in [0, 0.1) is 6.92 Å². The van der Waals surface area contributed by atoms with Crippen LogP contribution in [0.2, 0.25) is 0 Å². The summed E-state index contributed by atoms with van der Waals surface area (Å²) in [5.41, 5.74) is 2.12. The molecular weight excluding hydrogens is 258 g/mol. The molecular formula is C15H17NO4. The summed E-state index contributed by atoms with van der Waals surface area (Å²) in [6.07, 6.45) is 2.68. The Morgan fingerprint density at radius 2 is 2.15 bits per heavy atom. The van der Waals surface area contributed by atoms with Crippen molar-refractivity contribution in [2.24, 2.45) is 0 Å². The van der Waals surface area contributed by atoms with Crippen LogP contribution in [0.3, 0.4) is 0 Å². The minimum absolute atomic E-state index is 0.133. The van der Waals surface area contributed by atoms with Crippen LogP contribution in [0.25, 0.3) is 6.08 Å². The molecule has 1 saturated heterocycles. The maximum atomic E-state index is 12.3. The molecule has 1 aliphatic heterocycles. The van der Waals surface area contributed by atoms with E-state index in [1.165, 1.54) is 6.08 Å². The van der Waals surface area contributed by atoms with Crippen LogP contribution in [-0.4, -0.2) is 46.2 Å². The molecule has 1 amide bonds. The molecule has 20 heavy (non-hydrogen) atoms. The van der Waals surface area contributed by atoms with Gasteiger partial charge in [0.15, 0.2) is 0 Å². The quantitative estimate of drug-likeness (QED) is 0.815. The zero-order valence-electron chi connectivity index (χ0n) is 11.2. The number of aliphatic carboxylic acids is 1. The van der Waals surface area contributed by atoms with Crippen LogP contribution in [0.1, 0.15) is 27.9 Å². The van der Waals surface area contributed by atoms with Gasteiger partial charge in [-0.3, -0.25) is 4.79 Å². The Morgan fingerprint density at radius 1 is 1.40 bits per heavy atom. The Labute approximate surface area is 117 Å². The summed E-state index contributed by atoms with van der Waals surface area (Å²) < 4.78 is 0. The standard InChI is InChI=1S/C15H17NO4/c1-10-2-3-12(8-11(10)4-5-14(18)19)15(20)16-7-6-13(17)9-16/h2-5,8,13,17H,6-7,9H2,1H3,(H,18,19)/b5-4+. The fraction of sp³-hybridized carbons (Fsp3) is 0.333. The summed E-state index contributed by atoms with van der Waals surface area (Å²) in [4.78, 5) is 24.4. The highest BCUT2D eigenvalue weighted by molar-refractivity contribution is 5.95. The fourth-order valence-electron chi connectivity index (χ4n) is 2.22. The van der Waals surface area contributed by atoms with Gasteiger partial charge in [-0.2, -0.15) is 0 Å². The fourth-order valence-corrected chi connectivity index (χ4v) is 2.22. The van der Waals surface area contributed by atoms with Gasteiger partial charge in [0, 0.05) is 24.7 Å². The van der Waals surface area contributed by atoms with E-state index in [1.807, 2.05) is 6.92 Å². The Balaban J connectivity index is 2.22. The van der Waals surface area contributed by atoms with E-state index in [1.54, 1.807) is 23.1 Å². The number of carbonyl (C=O) groups excluding carboxylic acids is 1. The molecule has 5 heteroatoms. The third-order valence-corrected chi connectivity index (χ3v) is 3.38. The van der Waals surface area contributed by atoms with Crippen molar-refractivity contribution in [1.29, 1.82) is 0 Å². The van der Waals surface area contributed by atoms with Gasteiger partial charge >= 0.3 is 5.97 Å². The first kappa shape index (κ1) is 14.3. The number of aryl methyl sites for hydroxylation is 1. The number of rotatable bonds is 3. The zero-order chi connectivity index (χ0) is 14.7. The predicted octanol–water partition coefficient (Wildman–Crippen LogP) is 1.30. The SMILES string of the molecule is Cc1ccc(C(=O)N2CCC(O)C2)cc1/C=C/C(=O)O. The van der Waals surface area contributed by atoms with E-state index in [0.29, 0.717) is 30.6 Å². The second-order valence-corrected chi connectivity index (χ2v) is 4.94. The Morgan fingerprint density at radius 3 is 2.75 bits per heavy atom. The molecule has 2 N–H and O–H groups in total. The van der Waals surface area contributed by atoms with Crippen LogP contribution in [-0.2, 0) is 4.79 Å². The van der Waals surface area contributed by atoms with Crippen molar-refractivity contribution < 1.29 is 19.8 Å². The summed E-state index contributed by atoms with van der Waals surface area (Å²) in [5, 5.41) is 18.1. The number of hydrogen-bond donors (Lipinski definition) is 2. The molecule has 1 atom stereocenters. The van der Waals surface area contributed by atoms with Crippen LogP contribution >= 0.6 is 0 Å². The van der Waals surface area contributed by atoms with Gasteiger partial charge in [0.05, 0.1) is 6.10 Å². The minimum Gasteiger partial charge on any atom is -0.478 e. The van der Waals surface area contributed by atoms with Crippen LogP contribution in [0.5, 0.6) is 0 Å². The molecule has 1 aromatic carbocycles. The number of aliphatic hydroxyl groups is 1. The van der Waals surface area contributed by atoms with Gasteiger partial charge in [0.2, 0.25) is 0 Å². The lowest BCUT2D eigenvalue weighted by atomic mass is 10.0.